The van der Waals surface area contributed by atoms with Crippen LogP contribution < -0.4 is 10.5 Å². The van der Waals surface area contributed by atoms with Gasteiger partial charge in [0.2, 0.25) is 0 Å². The Balaban J connectivity index is 1.76. The molecule has 2 rings (SSSR count). The highest BCUT2D eigenvalue weighted by molar-refractivity contribution is 5.28. The molecule has 0 aromatic heterocycles. The van der Waals surface area contributed by atoms with Gasteiger partial charge in [-0.3, -0.25) is 4.90 Å². The second kappa shape index (κ2) is 7.10. The molecule has 0 radical (unpaired) electrons. The fourth-order valence-corrected chi connectivity index (χ4v) is 2.65. The Labute approximate surface area is 128 Å². The molecule has 0 spiro atoms. The smallest absolute Gasteiger partial charge is 0.119 e. The summed E-state index contributed by atoms with van der Waals surface area (Å²) in [5.41, 5.74) is 8.65. The lowest BCUT2D eigenvalue weighted by molar-refractivity contribution is 0.213. The van der Waals surface area contributed by atoms with Crippen LogP contribution in [-0.4, -0.2) is 31.1 Å². The fraction of sp³-hybridized carbons (Fsp3) is 0.556. The van der Waals surface area contributed by atoms with Gasteiger partial charge in [-0.25, -0.2) is 0 Å². The third kappa shape index (κ3) is 4.87. The first kappa shape index (κ1) is 16.1. The maximum atomic E-state index is 5.83. The molecule has 0 bridgehead atoms. The largest absolute Gasteiger partial charge is 0.492 e. The summed E-state index contributed by atoms with van der Waals surface area (Å²) in [6.45, 7) is 11.3. The summed E-state index contributed by atoms with van der Waals surface area (Å²) in [5.74, 6) is 0.917. The lowest BCUT2D eigenvalue weighted by atomic mass is 9.83. The summed E-state index contributed by atoms with van der Waals surface area (Å²) in [4.78, 5) is 2.45. The van der Waals surface area contributed by atoms with Gasteiger partial charge >= 0.3 is 0 Å². The predicted molar refractivity (Wildman–Crippen MR) is 88.4 cm³/mol. The summed E-state index contributed by atoms with van der Waals surface area (Å²) in [6.07, 6.45) is 3.56. The van der Waals surface area contributed by atoms with Gasteiger partial charge in [0.05, 0.1) is 0 Å². The number of benzene rings is 1. The zero-order valence-corrected chi connectivity index (χ0v) is 13.6. The average molecular weight is 288 g/mol. The van der Waals surface area contributed by atoms with Crippen LogP contribution in [0.3, 0.4) is 0 Å². The highest BCUT2D eigenvalue weighted by Gasteiger charge is 2.20. The third-order valence-electron chi connectivity index (χ3n) is 4.07. The zero-order chi connectivity index (χ0) is 15.3. The van der Waals surface area contributed by atoms with Crippen LogP contribution in [0.4, 0.5) is 0 Å². The van der Waals surface area contributed by atoms with Gasteiger partial charge in [0.25, 0.3) is 0 Å². The van der Waals surface area contributed by atoms with E-state index < -0.39 is 0 Å². The van der Waals surface area contributed by atoms with E-state index in [-0.39, 0.29) is 0 Å². The molecule has 3 nitrogen and oxygen atoms in total. The normalized spacial score (nSPS) is 16.7. The first-order valence-electron chi connectivity index (χ1n) is 7.83. The van der Waals surface area contributed by atoms with E-state index in [1.54, 1.807) is 5.57 Å². The van der Waals surface area contributed by atoms with Gasteiger partial charge in [-0.2, -0.15) is 0 Å². The van der Waals surface area contributed by atoms with Crippen molar-refractivity contribution in [3.63, 3.8) is 0 Å². The Kier molecular flexibility index (Phi) is 5.43. The molecule has 2 N–H and O–H groups in total. The molecular formula is C18H28N2O. The molecule has 0 saturated heterocycles. The van der Waals surface area contributed by atoms with Crippen LogP contribution in [0.2, 0.25) is 0 Å². The average Bonchev–Trinajstić information content (AvgIpc) is 2.47. The first-order valence-corrected chi connectivity index (χ1v) is 7.83. The molecule has 3 heteroatoms. The van der Waals surface area contributed by atoms with E-state index in [4.69, 9.17) is 10.5 Å². The summed E-state index contributed by atoms with van der Waals surface area (Å²) in [6, 6.07) is 8.04. The van der Waals surface area contributed by atoms with E-state index in [1.807, 2.05) is 24.3 Å². The Morgan fingerprint density at radius 2 is 2.10 bits per heavy atom. The minimum atomic E-state index is 0.311. The Morgan fingerprint density at radius 3 is 2.71 bits per heavy atom. The summed E-state index contributed by atoms with van der Waals surface area (Å²) in [5, 5.41) is 0. The minimum Gasteiger partial charge on any atom is -0.492 e. The third-order valence-corrected chi connectivity index (χ3v) is 4.07. The Morgan fingerprint density at radius 1 is 1.29 bits per heavy atom. The monoisotopic (exact) mass is 288 g/mol. The van der Waals surface area contributed by atoms with Crippen LogP contribution in [-0.2, 0) is 6.54 Å². The van der Waals surface area contributed by atoms with Crippen LogP contribution in [0.15, 0.2) is 35.9 Å². The van der Waals surface area contributed by atoms with Crippen molar-refractivity contribution >= 4 is 0 Å². The number of ether oxygens (including phenoxy) is 1. The molecule has 0 atom stereocenters. The fourth-order valence-electron chi connectivity index (χ4n) is 2.65. The number of nitrogens with two attached hydrogens (primary N) is 1. The van der Waals surface area contributed by atoms with Crippen LogP contribution in [0, 0.1) is 5.41 Å². The SMILES string of the molecule is CC(C)(C)C1=CCN(CCOc2cccc(CN)c2)CC1. The molecule has 0 saturated carbocycles. The van der Waals surface area contributed by atoms with Gasteiger partial charge in [0, 0.05) is 26.2 Å². The summed E-state index contributed by atoms with van der Waals surface area (Å²) < 4.78 is 5.83. The number of hydrogen-bond acceptors (Lipinski definition) is 3. The van der Waals surface area contributed by atoms with Crippen LogP contribution in [0.25, 0.3) is 0 Å². The molecule has 116 valence electrons. The van der Waals surface area contributed by atoms with E-state index in [2.05, 4.69) is 31.7 Å². The van der Waals surface area contributed by atoms with Crippen molar-refractivity contribution in [1.82, 2.24) is 4.90 Å². The lowest BCUT2D eigenvalue weighted by Gasteiger charge is -2.32. The standard InChI is InChI=1S/C18H28N2O/c1-18(2,3)16-7-9-20(10-8-16)11-12-21-17-6-4-5-15(13-17)14-19/h4-7,13H,8-12,14,19H2,1-3H3. The highest BCUT2D eigenvalue weighted by atomic mass is 16.5. The summed E-state index contributed by atoms with van der Waals surface area (Å²) >= 11 is 0. The van der Waals surface area contributed by atoms with Crippen molar-refractivity contribution < 1.29 is 4.74 Å². The Bertz CT molecular complexity index is 488. The van der Waals surface area contributed by atoms with Gasteiger partial charge in [-0.1, -0.05) is 44.6 Å². The van der Waals surface area contributed by atoms with Crippen molar-refractivity contribution in [3.8, 4) is 5.75 Å². The van der Waals surface area contributed by atoms with Crippen molar-refractivity contribution in [3.05, 3.63) is 41.5 Å². The number of rotatable bonds is 5. The number of hydrogen-bond donors (Lipinski definition) is 1. The van der Waals surface area contributed by atoms with Gasteiger partial charge in [-0.05, 0) is 29.5 Å². The van der Waals surface area contributed by atoms with E-state index >= 15 is 0 Å². The lowest BCUT2D eigenvalue weighted by Crippen LogP contribution is -2.34. The molecule has 0 fully saturated rings. The van der Waals surface area contributed by atoms with Crippen molar-refractivity contribution in [1.29, 1.82) is 0 Å². The van der Waals surface area contributed by atoms with Crippen LogP contribution >= 0.6 is 0 Å². The molecular weight excluding hydrogens is 260 g/mol. The quantitative estimate of drug-likeness (QED) is 0.846. The van der Waals surface area contributed by atoms with E-state index in [0.717, 1.165) is 37.6 Å². The zero-order valence-electron chi connectivity index (χ0n) is 13.6. The maximum Gasteiger partial charge on any atom is 0.119 e. The van der Waals surface area contributed by atoms with Crippen molar-refractivity contribution in [2.24, 2.45) is 11.1 Å². The number of nitrogens with zero attached hydrogens (tertiary/aromatic N) is 1. The van der Waals surface area contributed by atoms with E-state index in [9.17, 15) is 0 Å². The maximum absolute atomic E-state index is 5.83. The van der Waals surface area contributed by atoms with Gasteiger partial charge in [-0.15, -0.1) is 0 Å². The molecule has 1 heterocycles. The summed E-state index contributed by atoms with van der Waals surface area (Å²) in [7, 11) is 0. The van der Waals surface area contributed by atoms with Gasteiger partial charge in [0.15, 0.2) is 0 Å². The molecule has 21 heavy (non-hydrogen) atoms. The predicted octanol–water partition coefficient (Wildman–Crippen LogP) is 3.20. The second-order valence-electron chi connectivity index (χ2n) is 6.73. The van der Waals surface area contributed by atoms with Crippen molar-refractivity contribution in [2.45, 2.75) is 33.7 Å². The molecule has 0 amide bonds. The molecule has 1 aliphatic rings. The van der Waals surface area contributed by atoms with E-state index in [1.165, 1.54) is 6.42 Å². The molecule has 1 aromatic carbocycles. The first-order chi connectivity index (χ1) is 9.99. The van der Waals surface area contributed by atoms with Gasteiger partial charge in [0.1, 0.15) is 12.4 Å². The van der Waals surface area contributed by atoms with Crippen LogP contribution in [0.1, 0.15) is 32.8 Å². The highest BCUT2D eigenvalue weighted by Crippen LogP contribution is 2.29. The molecule has 0 unspecified atom stereocenters. The molecule has 1 aliphatic heterocycles. The second-order valence-corrected chi connectivity index (χ2v) is 6.73. The van der Waals surface area contributed by atoms with E-state index in [0.29, 0.717) is 12.0 Å². The van der Waals surface area contributed by atoms with Crippen molar-refractivity contribution in [2.75, 3.05) is 26.2 Å². The van der Waals surface area contributed by atoms with Gasteiger partial charge < -0.3 is 10.5 Å². The topological polar surface area (TPSA) is 38.5 Å². The Hall–Kier alpha value is -1.32. The van der Waals surface area contributed by atoms with Crippen LogP contribution in [0.5, 0.6) is 5.75 Å². The molecule has 0 aliphatic carbocycles. The minimum absolute atomic E-state index is 0.311. The molecule has 1 aromatic rings.